The highest BCUT2D eigenvalue weighted by molar-refractivity contribution is 6.41. The first-order chi connectivity index (χ1) is 16.4. The van der Waals surface area contributed by atoms with Crippen LogP contribution in [0.1, 0.15) is 21.5 Å². The van der Waals surface area contributed by atoms with Crippen molar-refractivity contribution in [1.29, 1.82) is 0 Å². The van der Waals surface area contributed by atoms with E-state index in [1.165, 1.54) is 0 Å². The number of aryl methyl sites for hydroxylation is 1. The number of benzene rings is 3. The number of aromatic nitrogens is 1. The second-order valence-electron chi connectivity index (χ2n) is 7.61. The maximum Gasteiger partial charge on any atom is 0.310 e. The number of rotatable bonds is 5. The Morgan fingerprint density at radius 2 is 1.53 bits per heavy atom. The molecule has 0 fully saturated rings. The maximum atomic E-state index is 12.9. The van der Waals surface area contributed by atoms with Gasteiger partial charge in [-0.05, 0) is 19.1 Å². The molecule has 3 N–H and O–H groups in total. The maximum absolute atomic E-state index is 12.9. The average Bonchev–Trinajstić information content (AvgIpc) is 2.87. The van der Waals surface area contributed by atoms with E-state index in [-0.39, 0.29) is 11.3 Å². The number of hydrazine groups is 1. The van der Waals surface area contributed by atoms with Gasteiger partial charge in [-0.3, -0.25) is 25.2 Å². The number of fused-ring (bicyclic) bond motifs is 1. The molecule has 1 heterocycles. The van der Waals surface area contributed by atoms with Gasteiger partial charge in [0.15, 0.2) is 0 Å². The average molecular weight is 451 g/mol. The Hall–Kier alpha value is -4.78. The fourth-order valence-electron chi connectivity index (χ4n) is 3.36. The molecule has 34 heavy (non-hydrogen) atoms. The first-order valence-corrected chi connectivity index (χ1v) is 10.5. The highest BCUT2D eigenvalue weighted by Gasteiger charge is 2.17. The molecule has 168 valence electrons. The van der Waals surface area contributed by atoms with E-state index in [0.717, 1.165) is 17.2 Å². The van der Waals surface area contributed by atoms with E-state index in [9.17, 15) is 19.5 Å². The van der Waals surface area contributed by atoms with Crippen LogP contribution < -0.4 is 10.9 Å². The Kier molecular flexibility index (Phi) is 6.45. The molecule has 4 rings (SSSR count). The molecule has 0 aliphatic carbocycles. The van der Waals surface area contributed by atoms with Crippen molar-refractivity contribution in [3.63, 3.8) is 0 Å². The summed E-state index contributed by atoms with van der Waals surface area (Å²) in [5.41, 5.74) is 8.09. The van der Waals surface area contributed by atoms with E-state index in [1.54, 1.807) is 48.5 Å². The summed E-state index contributed by atoms with van der Waals surface area (Å²) in [5.74, 6) is -3.06. The van der Waals surface area contributed by atoms with Crippen LogP contribution in [0.2, 0.25) is 0 Å². The summed E-state index contributed by atoms with van der Waals surface area (Å²) in [4.78, 5) is 41.9. The molecular formula is C27H21N3O4. The second kappa shape index (κ2) is 9.79. The van der Waals surface area contributed by atoms with Crippen molar-refractivity contribution < 1.29 is 19.5 Å². The standard InChI is InChI=1S/C27H21N3O4/c1-17-11-13-19(14-12-17)24(31)16-25(32)27(34)30-29-26(33)21-15-23(18-7-3-2-4-8-18)28-22-10-6-5-9-20(21)22/h2-16,31H,1H3,(H,29,33)(H,30,34). The lowest BCUT2D eigenvalue weighted by Gasteiger charge is -2.11. The van der Waals surface area contributed by atoms with E-state index < -0.39 is 17.6 Å². The van der Waals surface area contributed by atoms with E-state index in [0.29, 0.717) is 22.2 Å². The Morgan fingerprint density at radius 1 is 0.853 bits per heavy atom. The fraction of sp³-hybridized carbons (Fsp3) is 0.0370. The monoisotopic (exact) mass is 451 g/mol. The molecule has 0 spiro atoms. The highest BCUT2D eigenvalue weighted by atomic mass is 16.3. The minimum atomic E-state index is -1.09. The number of pyridine rings is 1. The Balaban J connectivity index is 1.52. The van der Waals surface area contributed by atoms with Gasteiger partial charge in [-0.15, -0.1) is 0 Å². The number of carbonyl (C=O) groups is 3. The number of hydrogen-bond acceptors (Lipinski definition) is 5. The molecule has 7 heteroatoms. The van der Waals surface area contributed by atoms with Crippen LogP contribution in [0.15, 0.2) is 91.0 Å². The SMILES string of the molecule is Cc1ccc(C(O)=CC(=O)C(=O)NNC(=O)c2cc(-c3ccccc3)nc3ccccc23)cc1. The van der Waals surface area contributed by atoms with Gasteiger partial charge < -0.3 is 5.11 Å². The van der Waals surface area contributed by atoms with E-state index in [4.69, 9.17) is 0 Å². The van der Waals surface area contributed by atoms with Gasteiger partial charge >= 0.3 is 5.91 Å². The zero-order chi connectivity index (χ0) is 24.1. The molecule has 0 saturated heterocycles. The third-order valence-electron chi connectivity index (χ3n) is 5.16. The summed E-state index contributed by atoms with van der Waals surface area (Å²) in [6, 6.07) is 25.0. The predicted octanol–water partition coefficient (Wildman–Crippen LogP) is 4.14. The van der Waals surface area contributed by atoms with Crippen molar-refractivity contribution in [3.05, 3.63) is 108 Å². The quantitative estimate of drug-likeness (QED) is 0.183. The molecule has 0 radical (unpaired) electrons. The minimum Gasteiger partial charge on any atom is -0.507 e. The van der Waals surface area contributed by atoms with Gasteiger partial charge in [-0.25, -0.2) is 4.98 Å². The van der Waals surface area contributed by atoms with E-state index in [2.05, 4.69) is 15.8 Å². The number of nitrogens with one attached hydrogen (secondary N) is 2. The lowest BCUT2D eigenvalue weighted by atomic mass is 10.0. The van der Waals surface area contributed by atoms with Crippen molar-refractivity contribution in [1.82, 2.24) is 15.8 Å². The van der Waals surface area contributed by atoms with Crippen LogP contribution in [0.3, 0.4) is 0 Å². The summed E-state index contributed by atoms with van der Waals surface area (Å²) < 4.78 is 0. The Bertz CT molecular complexity index is 1410. The van der Waals surface area contributed by atoms with Gasteiger partial charge in [0.25, 0.3) is 5.91 Å². The lowest BCUT2D eigenvalue weighted by molar-refractivity contribution is -0.135. The van der Waals surface area contributed by atoms with Crippen molar-refractivity contribution in [2.24, 2.45) is 0 Å². The van der Waals surface area contributed by atoms with Crippen molar-refractivity contribution in [2.75, 3.05) is 0 Å². The lowest BCUT2D eigenvalue weighted by Crippen LogP contribution is -2.44. The van der Waals surface area contributed by atoms with Gasteiger partial charge in [-0.2, -0.15) is 0 Å². The summed E-state index contributed by atoms with van der Waals surface area (Å²) in [5, 5.41) is 10.7. The molecule has 1 aromatic heterocycles. The van der Waals surface area contributed by atoms with Gasteiger partial charge in [0.1, 0.15) is 5.76 Å². The summed E-state index contributed by atoms with van der Waals surface area (Å²) in [6.45, 7) is 1.89. The molecule has 0 aliphatic heterocycles. The molecule has 4 aromatic rings. The molecule has 0 atom stereocenters. The highest BCUT2D eigenvalue weighted by Crippen LogP contribution is 2.24. The smallest absolute Gasteiger partial charge is 0.310 e. The van der Waals surface area contributed by atoms with Crippen LogP contribution in [-0.2, 0) is 9.59 Å². The molecule has 0 saturated carbocycles. The molecule has 2 amide bonds. The number of hydrogen-bond donors (Lipinski definition) is 3. The molecule has 7 nitrogen and oxygen atoms in total. The second-order valence-corrected chi connectivity index (χ2v) is 7.61. The number of nitrogens with zero attached hydrogens (tertiary/aromatic N) is 1. The zero-order valence-corrected chi connectivity index (χ0v) is 18.3. The van der Waals surface area contributed by atoms with Crippen molar-refractivity contribution in [2.45, 2.75) is 6.92 Å². The number of aliphatic hydroxyl groups is 1. The Labute approximate surface area is 195 Å². The third-order valence-corrected chi connectivity index (χ3v) is 5.16. The van der Waals surface area contributed by atoms with Crippen molar-refractivity contribution in [3.8, 4) is 11.3 Å². The van der Waals surface area contributed by atoms with Crippen LogP contribution in [0.5, 0.6) is 0 Å². The first kappa shape index (κ1) is 22.4. The molecule has 0 unspecified atom stereocenters. The van der Waals surface area contributed by atoms with E-state index >= 15 is 0 Å². The van der Waals surface area contributed by atoms with Gasteiger partial charge in [0.05, 0.1) is 16.8 Å². The van der Waals surface area contributed by atoms with Gasteiger partial charge in [0.2, 0.25) is 5.78 Å². The number of ketones is 1. The van der Waals surface area contributed by atoms with Crippen LogP contribution in [-0.4, -0.2) is 27.7 Å². The summed E-state index contributed by atoms with van der Waals surface area (Å²) in [6.07, 6.45) is 0.807. The van der Waals surface area contributed by atoms with Crippen LogP contribution in [0.4, 0.5) is 0 Å². The molecule has 0 aliphatic rings. The van der Waals surface area contributed by atoms with E-state index in [1.807, 2.05) is 43.3 Å². The molecule has 0 bridgehead atoms. The number of aliphatic hydroxyl groups excluding tert-OH is 1. The summed E-state index contributed by atoms with van der Waals surface area (Å²) >= 11 is 0. The summed E-state index contributed by atoms with van der Waals surface area (Å²) in [7, 11) is 0. The molecular weight excluding hydrogens is 430 g/mol. The van der Waals surface area contributed by atoms with Gasteiger partial charge in [0, 0.05) is 22.6 Å². The fourth-order valence-corrected chi connectivity index (χ4v) is 3.36. The topological polar surface area (TPSA) is 108 Å². The zero-order valence-electron chi connectivity index (χ0n) is 18.3. The normalized spacial score (nSPS) is 11.1. The predicted molar refractivity (Wildman–Crippen MR) is 130 cm³/mol. The van der Waals surface area contributed by atoms with Crippen molar-refractivity contribution >= 4 is 34.3 Å². The largest absolute Gasteiger partial charge is 0.507 e. The number of carbonyl (C=O) groups excluding carboxylic acids is 3. The third kappa shape index (κ3) is 4.99. The van der Waals surface area contributed by atoms with Crippen LogP contribution in [0, 0.1) is 6.92 Å². The molecule has 3 aromatic carbocycles. The Morgan fingerprint density at radius 3 is 2.26 bits per heavy atom. The number of para-hydroxylation sites is 1. The minimum absolute atomic E-state index is 0.287. The van der Waals surface area contributed by atoms with Gasteiger partial charge in [-0.1, -0.05) is 78.4 Å². The first-order valence-electron chi connectivity index (χ1n) is 10.5. The van der Waals surface area contributed by atoms with Crippen LogP contribution in [0.25, 0.3) is 27.9 Å². The van der Waals surface area contributed by atoms with Crippen LogP contribution >= 0.6 is 0 Å². The number of amides is 2.